The Morgan fingerprint density at radius 2 is 0.547 bits per heavy atom. The lowest BCUT2D eigenvalue weighted by molar-refractivity contribution is -0.166. The summed E-state index contributed by atoms with van der Waals surface area (Å²) in [5.41, 5.74) is 0. The normalized spacial score (nSPS) is 13.2. The highest BCUT2D eigenvalue weighted by Crippen LogP contribution is 2.14. The van der Waals surface area contributed by atoms with Gasteiger partial charge in [0.25, 0.3) is 0 Å². The van der Waals surface area contributed by atoms with Crippen molar-refractivity contribution in [3.05, 3.63) is 146 Å². The van der Waals surface area contributed by atoms with Crippen LogP contribution in [0.15, 0.2) is 146 Å². The van der Waals surface area contributed by atoms with E-state index in [4.69, 9.17) is 14.2 Å². The number of allylic oxidation sites excluding steroid dienone is 24. The Kier molecular flexibility index (Phi) is 58.0. The van der Waals surface area contributed by atoms with Gasteiger partial charge in [0.1, 0.15) is 13.2 Å². The second-order valence-electron chi connectivity index (χ2n) is 19.5. The third-order valence-electron chi connectivity index (χ3n) is 12.3. The van der Waals surface area contributed by atoms with Crippen molar-refractivity contribution in [3.63, 3.8) is 0 Å². The van der Waals surface area contributed by atoms with Crippen molar-refractivity contribution in [1.82, 2.24) is 0 Å². The fourth-order valence-electron chi connectivity index (χ4n) is 7.83. The number of esters is 3. The van der Waals surface area contributed by atoms with Gasteiger partial charge in [-0.15, -0.1) is 0 Å². The lowest BCUT2D eigenvalue weighted by Gasteiger charge is -2.18. The standard InChI is InChI=1S/C69H110O6/c1-4-7-10-13-16-19-22-24-25-26-27-28-29-30-31-32-33-34-35-36-37-38-39-40-41-42-43-45-47-50-53-56-59-62-68(71)74-65-66(64-73-67(70)61-58-55-52-49-46-21-18-15-12-9-6-3)75-69(72)63-60-57-54-51-48-44-23-20-17-14-11-8-5-2/h7-8,10-11,15-20,24-25,27-28,30-31,33-34,36-37,44,48,54,57,66H,4-6,9,12-14,21-23,26,29,32,35,38-43,45-47,49-53,55-56,58-65H2,1-3H3/b10-7-,11-8-,18-15-,19-16-,20-17-,25-24-,28-27-,31-30-,34-33-,37-36-,48-44-,57-54-. The summed E-state index contributed by atoms with van der Waals surface area (Å²) in [6.07, 6.45) is 88.8. The quantitative estimate of drug-likeness (QED) is 0.0261. The van der Waals surface area contributed by atoms with Crippen molar-refractivity contribution in [1.29, 1.82) is 0 Å². The van der Waals surface area contributed by atoms with E-state index >= 15 is 0 Å². The van der Waals surface area contributed by atoms with Crippen molar-refractivity contribution >= 4 is 17.9 Å². The minimum atomic E-state index is -0.824. The van der Waals surface area contributed by atoms with Crippen molar-refractivity contribution in [2.45, 2.75) is 258 Å². The Labute approximate surface area is 461 Å². The van der Waals surface area contributed by atoms with Crippen molar-refractivity contribution < 1.29 is 28.6 Å². The smallest absolute Gasteiger partial charge is 0.306 e. The number of rotatable bonds is 53. The van der Waals surface area contributed by atoms with Crippen LogP contribution in [0.2, 0.25) is 0 Å². The predicted molar refractivity (Wildman–Crippen MR) is 325 cm³/mol. The van der Waals surface area contributed by atoms with Crippen LogP contribution in [0.1, 0.15) is 252 Å². The Hall–Kier alpha value is -4.71. The molecule has 75 heavy (non-hydrogen) atoms. The van der Waals surface area contributed by atoms with Gasteiger partial charge in [-0.3, -0.25) is 14.4 Å². The molecule has 0 rings (SSSR count). The van der Waals surface area contributed by atoms with Gasteiger partial charge in [-0.25, -0.2) is 0 Å². The number of carbonyl (C=O) groups is 3. The number of unbranched alkanes of at least 4 members (excludes halogenated alkanes) is 18. The summed E-state index contributed by atoms with van der Waals surface area (Å²) in [4.78, 5) is 38.0. The maximum Gasteiger partial charge on any atom is 0.306 e. The molecule has 0 spiro atoms. The van der Waals surface area contributed by atoms with Gasteiger partial charge < -0.3 is 14.2 Å². The summed E-state index contributed by atoms with van der Waals surface area (Å²) in [5, 5.41) is 0. The lowest BCUT2D eigenvalue weighted by atomic mass is 10.0. The summed E-state index contributed by atoms with van der Waals surface area (Å²) < 4.78 is 16.7. The van der Waals surface area contributed by atoms with Crippen LogP contribution in [0.4, 0.5) is 0 Å². The average molecular weight is 1040 g/mol. The molecule has 422 valence electrons. The van der Waals surface area contributed by atoms with Crippen LogP contribution in [0, 0.1) is 0 Å². The first-order valence-corrected chi connectivity index (χ1v) is 30.3. The first kappa shape index (κ1) is 70.3. The van der Waals surface area contributed by atoms with E-state index < -0.39 is 12.1 Å². The fourth-order valence-corrected chi connectivity index (χ4v) is 7.83. The van der Waals surface area contributed by atoms with E-state index in [9.17, 15) is 14.4 Å². The molecular formula is C69H110O6. The molecule has 0 saturated heterocycles. The summed E-state index contributed by atoms with van der Waals surface area (Å²) >= 11 is 0. The molecule has 0 heterocycles. The van der Waals surface area contributed by atoms with Crippen LogP contribution in [0.25, 0.3) is 0 Å². The van der Waals surface area contributed by atoms with E-state index in [0.29, 0.717) is 19.3 Å². The molecule has 0 radical (unpaired) electrons. The largest absolute Gasteiger partial charge is 0.462 e. The SMILES string of the molecule is CC/C=C\C/C=C\C/C=C\C/C=C\C/C=C\C/C=C\C/C=C\CCCCCCCCCCCCCC(=O)OCC(COC(=O)CCCCCCC/C=C\CCCC)OC(=O)CC/C=C\C/C=C\C/C=C\C/C=C\CC. The number of hydrogen-bond acceptors (Lipinski definition) is 6. The molecular weight excluding hydrogens is 925 g/mol. The monoisotopic (exact) mass is 1030 g/mol. The van der Waals surface area contributed by atoms with Crippen molar-refractivity contribution in [3.8, 4) is 0 Å². The van der Waals surface area contributed by atoms with E-state index in [1.54, 1.807) is 0 Å². The van der Waals surface area contributed by atoms with Gasteiger partial charge >= 0.3 is 17.9 Å². The Morgan fingerprint density at radius 1 is 0.280 bits per heavy atom. The van der Waals surface area contributed by atoms with Gasteiger partial charge in [0.05, 0.1) is 0 Å². The Bertz CT molecular complexity index is 1660. The lowest BCUT2D eigenvalue weighted by Crippen LogP contribution is -2.30. The van der Waals surface area contributed by atoms with Crippen molar-refractivity contribution in [2.24, 2.45) is 0 Å². The average Bonchev–Trinajstić information content (AvgIpc) is 3.41. The second kappa shape index (κ2) is 61.8. The van der Waals surface area contributed by atoms with Gasteiger partial charge in [-0.2, -0.15) is 0 Å². The molecule has 6 heteroatoms. The molecule has 0 fully saturated rings. The zero-order valence-electron chi connectivity index (χ0n) is 48.3. The highest BCUT2D eigenvalue weighted by molar-refractivity contribution is 5.71. The molecule has 0 aliphatic heterocycles. The van der Waals surface area contributed by atoms with Gasteiger partial charge in [0.15, 0.2) is 6.10 Å². The van der Waals surface area contributed by atoms with E-state index in [1.165, 1.54) is 83.5 Å². The van der Waals surface area contributed by atoms with Gasteiger partial charge in [0, 0.05) is 19.3 Å². The summed E-state index contributed by atoms with van der Waals surface area (Å²) in [6, 6.07) is 0. The molecule has 0 bridgehead atoms. The molecule has 0 aliphatic rings. The minimum absolute atomic E-state index is 0.115. The molecule has 0 amide bonds. The second-order valence-corrected chi connectivity index (χ2v) is 19.5. The van der Waals surface area contributed by atoms with Crippen LogP contribution >= 0.6 is 0 Å². The third kappa shape index (κ3) is 60.0. The van der Waals surface area contributed by atoms with Crippen LogP contribution < -0.4 is 0 Å². The zero-order chi connectivity index (χ0) is 54.3. The predicted octanol–water partition coefficient (Wildman–Crippen LogP) is 20.8. The molecule has 1 atom stereocenters. The maximum absolute atomic E-state index is 12.8. The Morgan fingerprint density at radius 3 is 0.880 bits per heavy atom. The van der Waals surface area contributed by atoms with Crippen molar-refractivity contribution in [2.75, 3.05) is 13.2 Å². The third-order valence-corrected chi connectivity index (χ3v) is 12.3. The van der Waals surface area contributed by atoms with Crippen LogP contribution in [-0.2, 0) is 28.6 Å². The molecule has 0 aromatic carbocycles. The van der Waals surface area contributed by atoms with Gasteiger partial charge in [-0.1, -0.05) is 256 Å². The topological polar surface area (TPSA) is 78.9 Å². The van der Waals surface area contributed by atoms with E-state index in [-0.39, 0.29) is 31.6 Å². The maximum atomic E-state index is 12.8. The fraction of sp³-hybridized carbons (Fsp3) is 0.609. The molecule has 0 aromatic rings. The summed E-state index contributed by atoms with van der Waals surface area (Å²) in [5.74, 6) is -1.02. The summed E-state index contributed by atoms with van der Waals surface area (Å²) in [6.45, 7) is 6.29. The number of carbonyl (C=O) groups excluding carboxylic acids is 3. The van der Waals surface area contributed by atoms with Gasteiger partial charge in [-0.05, 0) is 122 Å². The van der Waals surface area contributed by atoms with Gasteiger partial charge in [0.2, 0.25) is 0 Å². The molecule has 6 nitrogen and oxygen atoms in total. The number of ether oxygens (including phenoxy) is 3. The minimum Gasteiger partial charge on any atom is -0.462 e. The molecule has 0 N–H and O–H groups in total. The molecule has 1 unspecified atom stereocenters. The number of hydrogen-bond donors (Lipinski definition) is 0. The Balaban J connectivity index is 4.22. The first-order chi connectivity index (χ1) is 37.0. The van der Waals surface area contributed by atoms with E-state index in [2.05, 4.69) is 154 Å². The highest BCUT2D eigenvalue weighted by Gasteiger charge is 2.19. The van der Waals surface area contributed by atoms with Crippen LogP contribution in [0.5, 0.6) is 0 Å². The van der Waals surface area contributed by atoms with E-state index in [1.807, 2.05) is 12.2 Å². The first-order valence-electron chi connectivity index (χ1n) is 30.3. The molecule has 0 saturated carbocycles. The molecule has 0 aliphatic carbocycles. The molecule has 0 aromatic heterocycles. The summed E-state index contributed by atoms with van der Waals surface area (Å²) in [7, 11) is 0. The highest BCUT2D eigenvalue weighted by atomic mass is 16.6. The zero-order valence-corrected chi connectivity index (χ0v) is 48.3. The van der Waals surface area contributed by atoms with Crippen LogP contribution in [-0.4, -0.2) is 37.2 Å². The van der Waals surface area contributed by atoms with E-state index in [0.717, 1.165) is 122 Å². The van der Waals surface area contributed by atoms with Crippen LogP contribution in [0.3, 0.4) is 0 Å².